The quantitative estimate of drug-likeness (QED) is 0.251. The Hall–Kier alpha value is -4.36. The topological polar surface area (TPSA) is 124 Å². The third kappa shape index (κ3) is 5.97. The number of aromatic nitrogens is 2. The molecular weight excluding hydrogens is 596 g/mol. The van der Waals surface area contributed by atoms with E-state index in [1.165, 1.54) is 19.2 Å². The Labute approximate surface area is 244 Å². The van der Waals surface area contributed by atoms with Gasteiger partial charge in [-0.1, -0.05) is 29.8 Å². The maximum Gasteiger partial charge on any atom is 0.441 e. The van der Waals surface area contributed by atoms with Gasteiger partial charge in [0.2, 0.25) is 0 Å². The largest absolute Gasteiger partial charge is 0.494 e. The van der Waals surface area contributed by atoms with Crippen molar-refractivity contribution in [2.24, 2.45) is 0 Å². The van der Waals surface area contributed by atoms with E-state index in [0.29, 0.717) is 11.1 Å². The van der Waals surface area contributed by atoms with Gasteiger partial charge in [-0.05, 0) is 59.6 Å². The average Bonchev–Trinajstić information content (AvgIpc) is 3.37. The molecule has 220 valence electrons. The number of halogens is 3. The van der Waals surface area contributed by atoms with Crippen molar-refractivity contribution >= 4 is 39.0 Å². The van der Waals surface area contributed by atoms with Crippen molar-refractivity contribution in [2.75, 3.05) is 24.6 Å². The van der Waals surface area contributed by atoms with Crippen LogP contribution >= 0.6 is 11.6 Å². The van der Waals surface area contributed by atoms with Crippen molar-refractivity contribution in [3.63, 3.8) is 0 Å². The molecule has 1 aromatic heterocycles. The first-order chi connectivity index (χ1) is 20.1. The van der Waals surface area contributed by atoms with Gasteiger partial charge in [-0.25, -0.2) is 27.0 Å². The van der Waals surface area contributed by atoms with Crippen molar-refractivity contribution in [3.8, 4) is 17.5 Å². The summed E-state index contributed by atoms with van der Waals surface area (Å²) in [6, 6.07) is 12.4. The average molecular weight is 620 g/mol. The Balaban J connectivity index is 1.51. The normalized spacial score (nSPS) is 15.2. The number of rotatable bonds is 9. The lowest BCUT2D eigenvalue weighted by molar-refractivity contribution is 0.155. The van der Waals surface area contributed by atoms with Crippen molar-refractivity contribution in [2.45, 2.75) is 24.3 Å². The molecule has 42 heavy (non-hydrogen) atoms. The third-order valence-electron chi connectivity index (χ3n) is 6.46. The zero-order valence-corrected chi connectivity index (χ0v) is 23.8. The van der Waals surface area contributed by atoms with E-state index >= 15 is 0 Å². The molecule has 0 saturated carbocycles. The Morgan fingerprint density at radius 1 is 1.19 bits per heavy atom. The number of allylic oxidation sites excluding steroid dienone is 1. The lowest BCUT2D eigenvalue weighted by atomic mass is 10.0. The van der Waals surface area contributed by atoms with Crippen LogP contribution in [0.3, 0.4) is 0 Å². The molecule has 0 spiro atoms. The van der Waals surface area contributed by atoms with Gasteiger partial charge in [-0.2, -0.15) is 0 Å². The van der Waals surface area contributed by atoms with E-state index in [-0.39, 0.29) is 58.3 Å². The van der Waals surface area contributed by atoms with Crippen LogP contribution in [0.1, 0.15) is 24.5 Å². The highest BCUT2D eigenvalue weighted by Crippen LogP contribution is 2.40. The van der Waals surface area contributed by atoms with Crippen molar-refractivity contribution in [1.82, 2.24) is 10.1 Å². The van der Waals surface area contributed by atoms with Gasteiger partial charge < -0.3 is 14.2 Å². The molecule has 0 radical (unpaired) electrons. The highest BCUT2D eigenvalue weighted by molar-refractivity contribution is 7.92. The SMILES string of the molecule is COc1cc(S(=O)(=O)N2C[C@H](CCOc3noc(=O)[nH]3)Oc3ccc(/C=C(\C)c4c(F)cccc4Cl)cc32)ccc1F. The number of sulfonamides is 1. The summed E-state index contributed by atoms with van der Waals surface area (Å²) >= 11 is 6.23. The van der Waals surface area contributed by atoms with Crippen molar-refractivity contribution < 1.29 is 35.9 Å². The van der Waals surface area contributed by atoms with E-state index in [1.807, 2.05) is 0 Å². The second-order valence-electron chi connectivity index (χ2n) is 9.26. The van der Waals surface area contributed by atoms with Crippen LogP contribution in [0, 0.1) is 11.6 Å². The molecule has 1 atom stereocenters. The predicted octanol–water partition coefficient (Wildman–Crippen LogP) is 5.29. The standard InChI is InChI=1S/C28H24ClF2N3O7S/c1-16(26-20(29)4-3-5-22(26)31)12-17-6-9-24-23(13-17)34(42(36,37)19-7-8-21(30)25(14-19)38-2)15-18(40-24)10-11-39-27-32-28(35)41-33-27/h3-9,12-14,18H,10-11,15H2,1-2H3,(H,32,33,35)/b16-12+/t18-/m0/s1. The van der Waals surface area contributed by atoms with Gasteiger partial charge in [0.25, 0.3) is 10.0 Å². The summed E-state index contributed by atoms with van der Waals surface area (Å²) in [5.41, 5.74) is 1.53. The number of benzene rings is 3. The fraction of sp³-hybridized carbons (Fsp3) is 0.214. The van der Waals surface area contributed by atoms with Gasteiger partial charge in [0.05, 0.1) is 35.9 Å². The molecule has 3 aromatic carbocycles. The van der Waals surface area contributed by atoms with E-state index in [1.54, 1.807) is 37.3 Å². The second kappa shape index (κ2) is 11.9. The first kappa shape index (κ1) is 29.1. The molecule has 14 heteroatoms. The molecule has 5 rings (SSSR count). The van der Waals surface area contributed by atoms with E-state index < -0.39 is 33.5 Å². The highest BCUT2D eigenvalue weighted by Gasteiger charge is 2.35. The number of methoxy groups -OCH3 is 1. The van der Waals surface area contributed by atoms with E-state index in [0.717, 1.165) is 22.5 Å². The molecule has 1 N–H and O–H groups in total. The molecule has 0 fully saturated rings. The maximum atomic E-state index is 14.5. The van der Waals surface area contributed by atoms with Crippen molar-refractivity contribution in [3.05, 3.63) is 92.9 Å². The molecule has 1 aliphatic rings. The van der Waals surface area contributed by atoms with Gasteiger partial charge in [0.1, 0.15) is 17.7 Å². The molecule has 0 amide bonds. The van der Waals surface area contributed by atoms with Crippen LogP contribution < -0.4 is 24.3 Å². The molecule has 0 bridgehead atoms. The molecule has 10 nitrogen and oxygen atoms in total. The van der Waals surface area contributed by atoms with Crippen LogP contribution in [0.2, 0.25) is 5.02 Å². The fourth-order valence-electron chi connectivity index (χ4n) is 4.49. The molecule has 2 heterocycles. The highest BCUT2D eigenvalue weighted by atomic mass is 35.5. The summed E-state index contributed by atoms with van der Waals surface area (Å²) in [5, 5.41) is 3.66. The minimum absolute atomic E-state index is 0.0180. The van der Waals surface area contributed by atoms with Crippen LogP contribution in [0.15, 0.2) is 68.8 Å². The number of hydrogen-bond acceptors (Lipinski definition) is 8. The second-order valence-corrected chi connectivity index (χ2v) is 11.5. The Kier molecular flexibility index (Phi) is 8.23. The van der Waals surface area contributed by atoms with Gasteiger partial charge >= 0.3 is 11.8 Å². The Bertz CT molecular complexity index is 1800. The molecule has 1 aliphatic heterocycles. The number of aromatic amines is 1. The Morgan fingerprint density at radius 2 is 2.00 bits per heavy atom. The summed E-state index contributed by atoms with van der Waals surface area (Å²) in [4.78, 5) is 13.2. The summed E-state index contributed by atoms with van der Waals surface area (Å²) in [5.74, 6) is -1.96. The molecule has 0 unspecified atom stereocenters. The molecule has 4 aromatic rings. The first-order valence-corrected chi connectivity index (χ1v) is 14.4. The predicted molar refractivity (Wildman–Crippen MR) is 151 cm³/mol. The van der Waals surface area contributed by atoms with Crippen LogP contribution in [-0.4, -0.2) is 44.9 Å². The summed E-state index contributed by atoms with van der Waals surface area (Å²) in [7, 11) is -3.02. The monoisotopic (exact) mass is 619 g/mol. The van der Waals surface area contributed by atoms with Gasteiger partial charge in [0, 0.05) is 18.1 Å². The maximum absolute atomic E-state index is 14.5. The van der Waals surface area contributed by atoms with E-state index in [9.17, 15) is 22.0 Å². The Morgan fingerprint density at radius 3 is 2.71 bits per heavy atom. The number of ether oxygens (including phenoxy) is 3. The number of nitrogens with one attached hydrogen (secondary N) is 1. The zero-order chi connectivity index (χ0) is 30.0. The van der Waals surface area contributed by atoms with E-state index in [2.05, 4.69) is 14.7 Å². The van der Waals surface area contributed by atoms with Crippen LogP contribution in [0.25, 0.3) is 11.6 Å². The van der Waals surface area contributed by atoms with Gasteiger partial charge in [-0.15, -0.1) is 0 Å². The first-order valence-electron chi connectivity index (χ1n) is 12.6. The zero-order valence-electron chi connectivity index (χ0n) is 22.3. The summed E-state index contributed by atoms with van der Waals surface area (Å²) in [6.07, 6.45) is 1.21. The van der Waals surface area contributed by atoms with Crippen LogP contribution in [-0.2, 0) is 10.0 Å². The molecular formula is C28H24ClF2N3O7S. The molecule has 0 saturated heterocycles. The fourth-order valence-corrected chi connectivity index (χ4v) is 6.31. The van der Waals surface area contributed by atoms with Crippen LogP contribution in [0.5, 0.6) is 17.5 Å². The number of hydrogen-bond donors (Lipinski definition) is 1. The van der Waals surface area contributed by atoms with Gasteiger partial charge in [0.15, 0.2) is 11.6 Å². The van der Waals surface area contributed by atoms with Crippen molar-refractivity contribution in [1.29, 1.82) is 0 Å². The minimum Gasteiger partial charge on any atom is -0.494 e. The lowest BCUT2D eigenvalue weighted by Gasteiger charge is -2.35. The number of anilines is 1. The molecule has 0 aliphatic carbocycles. The summed E-state index contributed by atoms with van der Waals surface area (Å²) in [6.45, 7) is 1.58. The van der Waals surface area contributed by atoms with E-state index in [4.69, 9.17) is 25.8 Å². The van der Waals surface area contributed by atoms with Gasteiger partial charge in [-0.3, -0.25) is 8.83 Å². The minimum atomic E-state index is -4.25. The summed E-state index contributed by atoms with van der Waals surface area (Å²) < 4.78 is 78.5. The van der Waals surface area contributed by atoms with Crippen LogP contribution in [0.4, 0.5) is 14.5 Å². The lowest BCUT2D eigenvalue weighted by Crippen LogP contribution is -2.44. The smallest absolute Gasteiger partial charge is 0.441 e. The third-order valence-corrected chi connectivity index (χ3v) is 8.56. The number of H-pyrrole nitrogens is 1. The number of fused-ring (bicyclic) bond motifs is 1. The number of nitrogens with zero attached hydrogens (tertiary/aromatic N) is 2.